The normalized spacial score (nSPS) is 13.8. The molecule has 1 saturated carbocycles. The number of anilines is 1. The number of carbonyl (C=O) groups excluding carboxylic acids is 1. The Labute approximate surface area is 149 Å². The van der Waals surface area contributed by atoms with E-state index in [2.05, 4.69) is 20.4 Å². The quantitative estimate of drug-likeness (QED) is 0.759. The highest BCUT2D eigenvalue weighted by Crippen LogP contribution is 2.32. The Morgan fingerprint density at radius 3 is 2.92 bits per heavy atom. The van der Waals surface area contributed by atoms with Crippen molar-refractivity contribution in [3.63, 3.8) is 0 Å². The fraction of sp³-hybridized carbons (Fsp3) is 0.333. The van der Waals surface area contributed by atoms with Gasteiger partial charge in [0.25, 0.3) is 5.91 Å². The molecule has 0 radical (unpaired) electrons. The summed E-state index contributed by atoms with van der Waals surface area (Å²) in [7, 11) is 0. The average molecular weight is 353 g/mol. The van der Waals surface area contributed by atoms with E-state index in [1.807, 2.05) is 36.7 Å². The van der Waals surface area contributed by atoms with Crippen LogP contribution < -0.4 is 5.32 Å². The Hall–Kier alpha value is -2.54. The third-order valence-corrected chi connectivity index (χ3v) is 5.45. The van der Waals surface area contributed by atoms with Crippen LogP contribution in [-0.2, 0) is 6.54 Å². The van der Waals surface area contributed by atoms with Gasteiger partial charge in [-0.2, -0.15) is 5.10 Å². The lowest BCUT2D eigenvalue weighted by molar-refractivity contribution is 0.102. The van der Waals surface area contributed by atoms with E-state index in [0.29, 0.717) is 16.5 Å². The first-order chi connectivity index (χ1) is 12.1. The summed E-state index contributed by atoms with van der Waals surface area (Å²) >= 11 is 1.37. The Balaban J connectivity index is 1.58. The highest BCUT2D eigenvalue weighted by atomic mass is 32.1. The van der Waals surface area contributed by atoms with Crippen LogP contribution in [0, 0.1) is 19.8 Å². The topological polar surface area (TPSA) is 72.7 Å². The van der Waals surface area contributed by atoms with Crippen molar-refractivity contribution in [2.75, 3.05) is 5.32 Å². The monoisotopic (exact) mass is 353 g/mol. The van der Waals surface area contributed by atoms with Gasteiger partial charge in [-0.3, -0.25) is 9.78 Å². The zero-order valence-corrected chi connectivity index (χ0v) is 15.0. The maximum atomic E-state index is 12.8. The molecule has 1 aliphatic carbocycles. The molecule has 0 saturated heterocycles. The van der Waals surface area contributed by atoms with Crippen molar-refractivity contribution in [2.24, 2.45) is 5.92 Å². The van der Waals surface area contributed by atoms with Crippen molar-refractivity contribution >= 4 is 23.1 Å². The van der Waals surface area contributed by atoms with Crippen LogP contribution in [0.25, 0.3) is 10.7 Å². The lowest BCUT2D eigenvalue weighted by atomic mass is 10.3. The van der Waals surface area contributed by atoms with E-state index in [0.717, 1.165) is 28.6 Å². The molecule has 1 aliphatic rings. The van der Waals surface area contributed by atoms with Crippen LogP contribution in [0.1, 0.15) is 33.8 Å². The average Bonchev–Trinajstić information content (AvgIpc) is 3.26. The molecule has 3 aromatic rings. The molecule has 1 N–H and O–H groups in total. The molecule has 0 atom stereocenters. The molecule has 0 aliphatic heterocycles. The van der Waals surface area contributed by atoms with Crippen molar-refractivity contribution in [1.82, 2.24) is 19.7 Å². The summed E-state index contributed by atoms with van der Waals surface area (Å²) in [5, 5.41) is 8.18. The molecule has 3 heterocycles. The van der Waals surface area contributed by atoms with Crippen molar-refractivity contribution < 1.29 is 4.79 Å². The van der Waals surface area contributed by atoms with Crippen LogP contribution in [0.15, 0.2) is 30.6 Å². The number of carbonyl (C=O) groups is 1. The van der Waals surface area contributed by atoms with Crippen molar-refractivity contribution in [2.45, 2.75) is 33.2 Å². The number of rotatable bonds is 5. The number of hydrogen-bond donors (Lipinski definition) is 1. The van der Waals surface area contributed by atoms with Crippen LogP contribution >= 0.6 is 11.3 Å². The summed E-state index contributed by atoms with van der Waals surface area (Å²) in [6, 6.07) is 5.68. The third kappa shape index (κ3) is 3.32. The van der Waals surface area contributed by atoms with Gasteiger partial charge in [0.05, 0.1) is 17.6 Å². The molecule has 1 amide bonds. The second-order valence-electron chi connectivity index (χ2n) is 6.40. The fourth-order valence-corrected chi connectivity index (χ4v) is 3.63. The molecule has 0 aromatic carbocycles. The number of aryl methyl sites for hydroxylation is 2. The Morgan fingerprint density at radius 2 is 2.20 bits per heavy atom. The molecule has 6 nitrogen and oxygen atoms in total. The van der Waals surface area contributed by atoms with Crippen molar-refractivity contribution in [1.29, 1.82) is 0 Å². The Kier molecular flexibility index (Phi) is 4.09. The molecule has 7 heteroatoms. The van der Waals surface area contributed by atoms with Crippen LogP contribution in [-0.4, -0.2) is 25.7 Å². The lowest BCUT2D eigenvalue weighted by Crippen LogP contribution is -2.17. The minimum Gasteiger partial charge on any atom is -0.306 e. The highest BCUT2D eigenvalue weighted by molar-refractivity contribution is 7.17. The summed E-state index contributed by atoms with van der Waals surface area (Å²) in [6.07, 6.45) is 6.02. The molecule has 0 bridgehead atoms. The number of hydrogen-bond acceptors (Lipinski definition) is 5. The standard InChI is InChI=1S/C18H19N5OS/c1-11-9-20-23(10-13-6-7-13)16(11)22-17(24)15-12(2)21-18(25-15)14-5-3-4-8-19-14/h3-5,8-9,13H,6-7,10H2,1-2H3,(H,22,24). The lowest BCUT2D eigenvalue weighted by Gasteiger charge is -2.09. The van der Waals surface area contributed by atoms with E-state index in [1.165, 1.54) is 24.2 Å². The molecule has 1 fully saturated rings. The van der Waals surface area contributed by atoms with E-state index in [1.54, 1.807) is 12.4 Å². The van der Waals surface area contributed by atoms with Gasteiger partial charge in [0.1, 0.15) is 15.7 Å². The third-order valence-electron chi connectivity index (χ3n) is 4.27. The summed E-state index contributed by atoms with van der Waals surface area (Å²) in [6.45, 7) is 4.68. The summed E-state index contributed by atoms with van der Waals surface area (Å²) < 4.78 is 1.90. The Morgan fingerprint density at radius 1 is 1.36 bits per heavy atom. The fourth-order valence-electron chi connectivity index (χ4n) is 2.70. The maximum absolute atomic E-state index is 12.8. The summed E-state index contributed by atoms with van der Waals surface area (Å²) in [5.74, 6) is 1.33. The van der Waals surface area contributed by atoms with Gasteiger partial charge in [-0.05, 0) is 44.7 Å². The number of nitrogens with zero attached hydrogens (tertiary/aromatic N) is 4. The SMILES string of the molecule is Cc1cnn(CC2CC2)c1NC(=O)c1sc(-c2ccccn2)nc1C. The molecule has 0 unspecified atom stereocenters. The van der Waals surface area contributed by atoms with Gasteiger partial charge in [0.2, 0.25) is 0 Å². The molecule has 4 rings (SSSR count). The Bertz CT molecular complexity index is 911. The van der Waals surface area contributed by atoms with Gasteiger partial charge in [0, 0.05) is 18.3 Å². The maximum Gasteiger partial charge on any atom is 0.268 e. The molecule has 0 spiro atoms. The van der Waals surface area contributed by atoms with Gasteiger partial charge in [-0.25, -0.2) is 9.67 Å². The van der Waals surface area contributed by atoms with Gasteiger partial charge in [0.15, 0.2) is 0 Å². The minimum atomic E-state index is -0.141. The number of pyridine rings is 1. The van der Waals surface area contributed by atoms with Crippen LogP contribution in [0.3, 0.4) is 0 Å². The van der Waals surface area contributed by atoms with Crippen molar-refractivity contribution in [3.8, 4) is 10.7 Å². The summed E-state index contributed by atoms with van der Waals surface area (Å²) in [5.41, 5.74) is 2.47. The number of aromatic nitrogens is 4. The van der Waals surface area contributed by atoms with E-state index in [-0.39, 0.29) is 5.91 Å². The summed E-state index contributed by atoms with van der Waals surface area (Å²) in [4.78, 5) is 22.2. The largest absolute Gasteiger partial charge is 0.306 e. The van der Waals surface area contributed by atoms with Crippen molar-refractivity contribution in [3.05, 3.63) is 46.7 Å². The van der Waals surface area contributed by atoms with Gasteiger partial charge < -0.3 is 5.32 Å². The predicted octanol–water partition coefficient (Wildman–Crippen LogP) is 3.68. The molecule has 3 aromatic heterocycles. The number of thiazole rings is 1. The second-order valence-corrected chi connectivity index (χ2v) is 7.40. The zero-order chi connectivity index (χ0) is 17.4. The number of amides is 1. The molecular formula is C18H19N5OS. The van der Waals surface area contributed by atoms with Crippen LogP contribution in [0.4, 0.5) is 5.82 Å². The van der Waals surface area contributed by atoms with E-state index in [9.17, 15) is 4.79 Å². The molecule has 128 valence electrons. The van der Waals surface area contributed by atoms with Crippen LogP contribution in [0.2, 0.25) is 0 Å². The van der Waals surface area contributed by atoms with Gasteiger partial charge in [-0.15, -0.1) is 11.3 Å². The first-order valence-corrected chi connectivity index (χ1v) is 9.16. The van der Waals surface area contributed by atoms with Gasteiger partial charge >= 0.3 is 0 Å². The first kappa shape index (κ1) is 16.0. The van der Waals surface area contributed by atoms with Gasteiger partial charge in [-0.1, -0.05) is 6.07 Å². The predicted molar refractivity (Wildman–Crippen MR) is 97.7 cm³/mol. The second kappa shape index (κ2) is 6.40. The zero-order valence-electron chi connectivity index (χ0n) is 14.2. The van der Waals surface area contributed by atoms with Crippen LogP contribution in [0.5, 0.6) is 0 Å². The highest BCUT2D eigenvalue weighted by Gasteiger charge is 2.25. The van der Waals surface area contributed by atoms with E-state index < -0.39 is 0 Å². The smallest absolute Gasteiger partial charge is 0.268 e. The van der Waals surface area contributed by atoms with E-state index >= 15 is 0 Å². The van der Waals surface area contributed by atoms with E-state index in [4.69, 9.17) is 0 Å². The molecule has 25 heavy (non-hydrogen) atoms. The minimum absolute atomic E-state index is 0.141. The first-order valence-electron chi connectivity index (χ1n) is 8.34. The number of nitrogens with one attached hydrogen (secondary N) is 1. The molecular weight excluding hydrogens is 334 g/mol.